The Morgan fingerprint density at radius 1 is 1.44 bits per heavy atom. The van der Waals surface area contributed by atoms with E-state index in [0.717, 1.165) is 5.75 Å². The number of thioether (sulfide) groups is 1. The minimum Gasteiger partial charge on any atom is -0.271 e. The van der Waals surface area contributed by atoms with Crippen LogP contribution in [0.1, 0.15) is 11.6 Å². The lowest BCUT2D eigenvalue weighted by Gasteiger charge is -2.16. The van der Waals surface area contributed by atoms with Crippen molar-refractivity contribution in [2.45, 2.75) is 6.04 Å². The monoisotopic (exact) mass is 233 g/mol. The van der Waals surface area contributed by atoms with Gasteiger partial charge in [0, 0.05) is 23.5 Å². The second kappa shape index (κ2) is 5.30. The van der Waals surface area contributed by atoms with Crippen molar-refractivity contribution in [1.82, 2.24) is 10.4 Å². The number of hydrogen-bond donors (Lipinski definition) is 2. The zero-order chi connectivity index (χ0) is 11.4. The third kappa shape index (κ3) is 2.19. The van der Waals surface area contributed by atoms with Gasteiger partial charge in [-0.1, -0.05) is 18.2 Å². The first-order valence-electron chi connectivity index (χ1n) is 5.14. The molecule has 0 bridgehead atoms. The molecule has 2 rings (SSSR count). The number of fused-ring (bicyclic) bond motifs is 1. The van der Waals surface area contributed by atoms with Gasteiger partial charge in [0.25, 0.3) is 0 Å². The standard InChI is InChI=1S/C12H15N3S/c1-16-8-12(15-13)10-4-2-3-9-5-6-14-7-11(9)10/h2-7,12,15H,8,13H2,1H3. The number of nitrogens with zero attached hydrogens (tertiary/aromatic N) is 1. The van der Waals surface area contributed by atoms with Crippen molar-refractivity contribution in [3.05, 3.63) is 42.2 Å². The van der Waals surface area contributed by atoms with Gasteiger partial charge in [0.1, 0.15) is 0 Å². The minimum absolute atomic E-state index is 0.169. The summed E-state index contributed by atoms with van der Waals surface area (Å²) in [7, 11) is 0. The molecule has 3 nitrogen and oxygen atoms in total. The highest BCUT2D eigenvalue weighted by Crippen LogP contribution is 2.24. The fraction of sp³-hybridized carbons (Fsp3) is 0.250. The van der Waals surface area contributed by atoms with E-state index in [1.54, 1.807) is 11.8 Å². The van der Waals surface area contributed by atoms with E-state index in [4.69, 9.17) is 5.84 Å². The molecule has 1 unspecified atom stereocenters. The number of rotatable bonds is 4. The molecule has 0 fully saturated rings. The highest BCUT2D eigenvalue weighted by atomic mass is 32.2. The maximum atomic E-state index is 5.60. The molecule has 0 aliphatic carbocycles. The quantitative estimate of drug-likeness (QED) is 0.627. The summed E-state index contributed by atoms with van der Waals surface area (Å²) < 4.78 is 0. The normalized spacial score (nSPS) is 12.9. The molecular formula is C12H15N3S. The van der Waals surface area contributed by atoms with E-state index >= 15 is 0 Å². The van der Waals surface area contributed by atoms with Crippen LogP contribution in [-0.4, -0.2) is 17.0 Å². The summed E-state index contributed by atoms with van der Waals surface area (Å²) in [4.78, 5) is 4.17. The van der Waals surface area contributed by atoms with Gasteiger partial charge in [0.15, 0.2) is 0 Å². The first-order chi connectivity index (χ1) is 7.86. The van der Waals surface area contributed by atoms with Crippen LogP contribution in [0.5, 0.6) is 0 Å². The van der Waals surface area contributed by atoms with Crippen molar-refractivity contribution in [3.63, 3.8) is 0 Å². The second-order valence-corrected chi connectivity index (χ2v) is 4.53. The molecule has 4 heteroatoms. The molecule has 1 atom stereocenters. The third-order valence-corrected chi connectivity index (χ3v) is 3.29. The van der Waals surface area contributed by atoms with E-state index in [1.807, 2.05) is 18.5 Å². The number of hydrazine groups is 1. The summed E-state index contributed by atoms with van der Waals surface area (Å²) in [5.41, 5.74) is 4.07. The highest BCUT2D eigenvalue weighted by molar-refractivity contribution is 7.98. The summed E-state index contributed by atoms with van der Waals surface area (Å²) >= 11 is 1.77. The zero-order valence-corrected chi connectivity index (χ0v) is 10.00. The fourth-order valence-corrected chi connectivity index (χ4v) is 2.44. The Hall–Kier alpha value is -1.10. The van der Waals surface area contributed by atoms with Gasteiger partial charge in [0.05, 0.1) is 6.04 Å². The van der Waals surface area contributed by atoms with Crippen molar-refractivity contribution in [3.8, 4) is 0 Å². The third-order valence-electron chi connectivity index (χ3n) is 2.63. The van der Waals surface area contributed by atoms with Crippen molar-refractivity contribution in [2.75, 3.05) is 12.0 Å². The van der Waals surface area contributed by atoms with Crippen molar-refractivity contribution in [1.29, 1.82) is 0 Å². The average Bonchev–Trinajstić information content (AvgIpc) is 2.35. The van der Waals surface area contributed by atoms with E-state index in [1.165, 1.54) is 16.3 Å². The molecule has 2 aromatic rings. The van der Waals surface area contributed by atoms with Gasteiger partial charge < -0.3 is 0 Å². The number of pyridine rings is 1. The van der Waals surface area contributed by atoms with Gasteiger partial charge >= 0.3 is 0 Å². The maximum absolute atomic E-state index is 5.60. The summed E-state index contributed by atoms with van der Waals surface area (Å²) in [5, 5.41) is 2.37. The van der Waals surface area contributed by atoms with E-state index in [9.17, 15) is 0 Å². The number of aromatic nitrogens is 1. The molecule has 1 aromatic carbocycles. The van der Waals surface area contributed by atoms with Crippen molar-refractivity contribution < 1.29 is 0 Å². The largest absolute Gasteiger partial charge is 0.271 e. The fourth-order valence-electron chi connectivity index (χ4n) is 1.84. The van der Waals surface area contributed by atoms with Crippen LogP contribution in [0.25, 0.3) is 10.8 Å². The molecule has 0 saturated carbocycles. The van der Waals surface area contributed by atoms with Crippen molar-refractivity contribution in [2.24, 2.45) is 5.84 Å². The SMILES string of the molecule is CSCC(NN)c1cccc2ccncc12. The molecule has 0 saturated heterocycles. The molecule has 0 radical (unpaired) electrons. The predicted octanol–water partition coefficient (Wildman–Crippen LogP) is 2.10. The predicted molar refractivity (Wildman–Crippen MR) is 70.2 cm³/mol. The second-order valence-electron chi connectivity index (χ2n) is 3.62. The van der Waals surface area contributed by atoms with Gasteiger partial charge in [-0.15, -0.1) is 0 Å². The Balaban J connectivity index is 2.50. The number of benzene rings is 1. The smallest absolute Gasteiger partial charge is 0.0556 e. The summed E-state index contributed by atoms with van der Waals surface area (Å²) in [5.74, 6) is 6.55. The average molecular weight is 233 g/mol. The summed E-state index contributed by atoms with van der Waals surface area (Å²) in [6, 6.07) is 8.44. The zero-order valence-electron chi connectivity index (χ0n) is 9.18. The van der Waals surface area contributed by atoms with E-state index < -0.39 is 0 Å². The Kier molecular flexibility index (Phi) is 3.77. The van der Waals surface area contributed by atoms with Crippen LogP contribution in [0.4, 0.5) is 0 Å². The van der Waals surface area contributed by atoms with Crippen LogP contribution in [0.15, 0.2) is 36.7 Å². The molecular weight excluding hydrogens is 218 g/mol. The van der Waals surface area contributed by atoms with E-state index in [2.05, 4.69) is 34.9 Å². The minimum atomic E-state index is 0.169. The molecule has 0 aliphatic heterocycles. The van der Waals surface area contributed by atoms with Gasteiger partial charge in [-0.25, -0.2) is 0 Å². The van der Waals surface area contributed by atoms with Crippen LogP contribution < -0.4 is 11.3 Å². The number of nitrogens with one attached hydrogen (secondary N) is 1. The Morgan fingerprint density at radius 3 is 3.06 bits per heavy atom. The number of nitrogens with two attached hydrogens (primary N) is 1. The Bertz CT molecular complexity index is 467. The number of hydrogen-bond acceptors (Lipinski definition) is 4. The molecule has 16 heavy (non-hydrogen) atoms. The molecule has 3 N–H and O–H groups in total. The summed E-state index contributed by atoms with van der Waals surface area (Å²) in [6.07, 6.45) is 5.79. The molecule has 84 valence electrons. The molecule has 0 spiro atoms. The highest BCUT2D eigenvalue weighted by Gasteiger charge is 2.11. The Labute approximate surface area is 99.4 Å². The molecule has 1 heterocycles. The molecule has 0 aliphatic rings. The van der Waals surface area contributed by atoms with Gasteiger partial charge in [-0.2, -0.15) is 11.8 Å². The van der Waals surface area contributed by atoms with Gasteiger partial charge in [-0.3, -0.25) is 16.3 Å². The van der Waals surface area contributed by atoms with Crippen LogP contribution in [0, 0.1) is 0 Å². The van der Waals surface area contributed by atoms with Crippen LogP contribution in [0.3, 0.4) is 0 Å². The first-order valence-corrected chi connectivity index (χ1v) is 6.54. The van der Waals surface area contributed by atoms with E-state index in [-0.39, 0.29) is 6.04 Å². The molecule has 0 amide bonds. The maximum Gasteiger partial charge on any atom is 0.0556 e. The van der Waals surface area contributed by atoms with E-state index in [0.29, 0.717) is 0 Å². The Morgan fingerprint density at radius 2 is 2.31 bits per heavy atom. The van der Waals surface area contributed by atoms with Crippen LogP contribution >= 0.6 is 11.8 Å². The molecule has 1 aromatic heterocycles. The summed E-state index contributed by atoms with van der Waals surface area (Å²) in [6.45, 7) is 0. The first kappa shape index (κ1) is 11.4. The van der Waals surface area contributed by atoms with Crippen LogP contribution in [0.2, 0.25) is 0 Å². The van der Waals surface area contributed by atoms with Gasteiger partial charge in [-0.05, 0) is 23.3 Å². The lowest BCUT2D eigenvalue weighted by Crippen LogP contribution is -2.29. The van der Waals surface area contributed by atoms with Crippen LogP contribution in [-0.2, 0) is 0 Å². The topological polar surface area (TPSA) is 50.9 Å². The lowest BCUT2D eigenvalue weighted by molar-refractivity contribution is 0.615. The van der Waals surface area contributed by atoms with Gasteiger partial charge in [0.2, 0.25) is 0 Å². The van der Waals surface area contributed by atoms with Crippen molar-refractivity contribution >= 4 is 22.5 Å². The lowest BCUT2D eigenvalue weighted by atomic mass is 10.0.